The van der Waals surface area contributed by atoms with Gasteiger partial charge in [0.1, 0.15) is 5.54 Å². The number of nitrogens with zero attached hydrogens (tertiary/aromatic N) is 1. The van der Waals surface area contributed by atoms with Crippen molar-refractivity contribution < 1.29 is 9.53 Å². The molecule has 0 aliphatic carbocycles. The lowest BCUT2D eigenvalue weighted by molar-refractivity contribution is -0.148. The highest BCUT2D eigenvalue weighted by molar-refractivity contribution is 5.80. The molecule has 0 radical (unpaired) electrons. The first-order chi connectivity index (χ1) is 10.1. The Hall–Kier alpha value is -1.55. The van der Waals surface area contributed by atoms with E-state index in [-0.39, 0.29) is 5.97 Å². The van der Waals surface area contributed by atoms with Crippen molar-refractivity contribution in [2.45, 2.75) is 38.6 Å². The molecular weight excluding hydrogens is 264 g/mol. The van der Waals surface area contributed by atoms with Gasteiger partial charge in [-0.05, 0) is 44.4 Å². The van der Waals surface area contributed by atoms with E-state index in [2.05, 4.69) is 34.5 Å². The lowest BCUT2D eigenvalue weighted by Crippen LogP contribution is -2.50. The number of anilines is 1. The van der Waals surface area contributed by atoms with Crippen molar-refractivity contribution in [3.8, 4) is 0 Å². The third kappa shape index (κ3) is 3.56. The Morgan fingerprint density at radius 3 is 2.90 bits per heavy atom. The van der Waals surface area contributed by atoms with Gasteiger partial charge in [-0.25, -0.2) is 0 Å². The fraction of sp³-hybridized carbons (Fsp3) is 0.588. The molecule has 2 rings (SSSR count). The van der Waals surface area contributed by atoms with E-state index in [0.717, 1.165) is 38.9 Å². The predicted octanol–water partition coefficient (Wildman–Crippen LogP) is 2.37. The van der Waals surface area contributed by atoms with Crippen molar-refractivity contribution in [3.63, 3.8) is 0 Å². The van der Waals surface area contributed by atoms with Crippen LogP contribution in [0.5, 0.6) is 0 Å². The average molecular weight is 290 g/mol. The topological polar surface area (TPSA) is 41.6 Å². The van der Waals surface area contributed by atoms with E-state index in [0.29, 0.717) is 0 Å². The van der Waals surface area contributed by atoms with Gasteiger partial charge in [0, 0.05) is 18.8 Å². The van der Waals surface area contributed by atoms with Crippen molar-refractivity contribution in [1.82, 2.24) is 5.32 Å². The number of methoxy groups -OCH3 is 1. The van der Waals surface area contributed by atoms with E-state index >= 15 is 0 Å². The van der Waals surface area contributed by atoms with Crippen LogP contribution in [-0.4, -0.2) is 38.3 Å². The minimum atomic E-state index is -0.581. The first kappa shape index (κ1) is 15.8. The molecule has 116 valence electrons. The maximum atomic E-state index is 12.0. The van der Waals surface area contributed by atoms with E-state index in [9.17, 15) is 4.79 Å². The summed E-state index contributed by atoms with van der Waals surface area (Å²) in [6.07, 6.45) is 2.87. The van der Waals surface area contributed by atoms with Crippen LogP contribution < -0.4 is 10.2 Å². The molecule has 1 heterocycles. The molecular formula is C17H26N2O2. The Balaban J connectivity index is 1.90. The molecule has 1 N–H and O–H groups in total. The van der Waals surface area contributed by atoms with Crippen molar-refractivity contribution in [1.29, 1.82) is 0 Å². The van der Waals surface area contributed by atoms with Gasteiger partial charge < -0.3 is 15.0 Å². The van der Waals surface area contributed by atoms with Gasteiger partial charge in [0.25, 0.3) is 0 Å². The fourth-order valence-corrected chi connectivity index (χ4v) is 3.14. The molecule has 1 unspecified atom stereocenters. The van der Waals surface area contributed by atoms with Crippen LogP contribution >= 0.6 is 0 Å². The number of hydrogen-bond donors (Lipinski definition) is 1. The number of nitrogens with one attached hydrogen (secondary N) is 1. The highest BCUT2D eigenvalue weighted by atomic mass is 16.5. The quantitative estimate of drug-likeness (QED) is 0.783. The largest absolute Gasteiger partial charge is 0.468 e. The van der Waals surface area contributed by atoms with Crippen LogP contribution in [-0.2, 0) is 16.0 Å². The van der Waals surface area contributed by atoms with Crippen LogP contribution in [0.25, 0.3) is 0 Å². The molecule has 0 saturated heterocycles. The summed E-state index contributed by atoms with van der Waals surface area (Å²) in [5.74, 6) is -0.175. The molecule has 1 aromatic rings. The van der Waals surface area contributed by atoms with Gasteiger partial charge in [0.2, 0.25) is 0 Å². The number of ether oxygens (including phenoxy) is 1. The zero-order valence-corrected chi connectivity index (χ0v) is 13.3. The number of carbonyl (C=O) groups is 1. The zero-order chi connectivity index (χ0) is 15.3. The minimum absolute atomic E-state index is 0.175. The number of hydrogen-bond acceptors (Lipinski definition) is 4. The van der Waals surface area contributed by atoms with Crippen molar-refractivity contribution in [2.24, 2.45) is 0 Å². The number of benzene rings is 1. The Morgan fingerprint density at radius 1 is 1.43 bits per heavy atom. The van der Waals surface area contributed by atoms with Gasteiger partial charge in [-0.3, -0.25) is 4.79 Å². The van der Waals surface area contributed by atoms with Crippen molar-refractivity contribution >= 4 is 11.7 Å². The highest BCUT2D eigenvalue weighted by Crippen LogP contribution is 2.28. The van der Waals surface area contributed by atoms with E-state index in [1.165, 1.54) is 18.4 Å². The van der Waals surface area contributed by atoms with Crippen molar-refractivity contribution in [2.75, 3.05) is 31.6 Å². The Kier molecular flexibility index (Phi) is 5.23. The lowest BCUT2D eigenvalue weighted by Gasteiger charge is -2.29. The molecule has 1 aliphatic rings. The Bertz CT molecular complexity index is 489. The standard InChI is InChI=1S/C17H26N2O2/c1-4-18-17(2,16(20)21-3)11-7-12-19-13-10-14-8-5-6-9-15(14)19/h5-6,8-9,18H,4,7,10-13H2,1-3H3. The molecule has 1 aliphatic heterocycles. The molecule has 0 amide bonds. The maximum absolute atomic E-state index is 12.0. The lowest BCUT2D eigenvalue weighted by atomic mass is 9.95. The number of esters is 1. The summed E-state index contributed by atoms with van der Waals surface area (Å²) in [7, 11) is 1.45. The summed E-state index contributed by atoms with van der Waals surface area (Å²) in [5, 5.41) is 3.26. The van der Waals surface area contributed by atoms with Crippen LogP contribution in [0.4, 0.5) is 5.69 Å². The molecule has 0 spiro atoms. The second-order valence-electron chi connectivity index (χ2n) is 5.82. The molecule has 0 saturated carbocycles. The summed E-state index contributed by atoms with van der Waals surface area (Å²) in [5.41, 5.74) is 2.20. The number of fused-ring (bicyclic) bond motifs is 1. The first-order valence-electron chi connectivity index (χ1n) is 7.77. The number of carbonyl (C=O) groups excluding carboxylic acids is 1. The fourth-order valence-electron chi connectivity index (χ4n) is 3.14. The van der Waals surface area contributed by atoms with Gasteiger partial charge in [-0.1, -0.05) is 25.1 Å². The second-order valence-corrected chi connectivity index (χ2v) is 5.82. The van der Waals surface area contributed by atoms with Crippen LogP contribution in [0.15, 0.2) is 24.3 Å². The molecule has 0 fully saturated rings. The first-order valence-corrected chi connectivity index (χ1v) is 7.77. The number of likely N-dealkylation sites (N-methyl/N-ethyl adjacent to an activating group) is 1. The summed E-state index contributed by atoms with van der Waals surface area (Å²) in [6.45, 7) is 6.76. The van der Waals surface area contributed by atoms with Crippen molar-refractivity contribution in [3.05, 3.63) is 29.8 Å². The van der Waals surface area contributed by atoms with Crippen LogP contribution in [0.2, 0.25) is 0 Å². The zero-order valence-electron chi connectivity index (χ0n) is 13.3. The van der Waals surface area contributed by atoms with Crippen LogP contribution in [0.1, 0.15) is 32.3 Å². The summed E-state index contributed by atoms with van der Waals surface area (Å²) in [4.78, 5) is 14.4. The number of para-hydroxylation sites is 1. The maximum Gasteiger partial charge on any atom is 0.325 e. The Morgan fingerprint density at radius 2 is 2.19 bits per heavy atom. The summed E-state index contributed by atoms with van der Waals surface area (Å²) < 4.78 is 4.93. The summed E-state index contributed by atoms with van der Waals surface area (Å²) in [6, 6.07) is 8.58. The van der Waals surface area contributed by atoms with E-state index in [4.69, 9.17) is 4.74 Å². The van der Waals surface area contributed by atoms with Gasteiger partial charge in [-0.15, -0.1) is 0 Å². The molecule has 21 heavy (non-hydrogen) atoms. The molecule has 4 heteroatoms. The average Bonchev–Trinajstić information content (AvgIpc) is 2.90. The molecule has 4 nitrogen and oxygen atoms in total. The van der Waals surface area contributed by atoms with E-state index in [1.807, 2.05) is 13.8 Å². The van der Waals surface area contributed by atoms with E-state index in [1.54, 1.807) is 0 Å². The van der Waals surface area contributed by atoms with Gasteiger partial charge in [-0.2, -0.15) is 0 Å². The van der Waals surface area contributed by atoms with Gasteiger partial charge >= 0.3 is 5.97 Å². The second kappa shape index (κ2) is 6.94. The molecule has 0 aromatic heterocycles. The molecule has 0 bridgehead atoms. The van der Waals surface area contributed by atoms with E-state index < -0.39 is 5.54 Å². The SMILES string of the molecule is CCNC(C)(CCCN1CCc2ccccc21)C(=O)OC. The molecule has 1 aromatic carbocycles. The third-order valence-corrected chi connectivity index (χ3v) is 4.29. The van der Waals surface area contributed by atoms with Gasteiger partial charge in [0.15, 0.2) is 0 Å². The number of rotatable bonds is 7. The minimum Gasteiger partial charge on any atom is -0.468 e. The third-order valence-electron chi connectivity index (χ3n) is 4.29. The Labute approximate surface area is 127 Å². The summed E-state index contributed by atoms with van der Waals surface area (Å²) >= 11 is 0. The normalized spacial score (nSPS) is 16.4. The van der Waals surface area contributed by atoms with Crippen LogP contribution in [0.3, 0.4) is 0 Å². The predicted molar refractivity (Wildman–Crippen MR) is 85.7 cm³/mol. The molecule has 1 atom stereocenters. The van der Waals surface area contributed by atoms with Crippen LogP contribution in [0, 0.1) is 0 Å². The monoisotopic (exact) mass is 290 g/mol. The van der Waals surface area contributed by atoms with Gasteiger partial charge in [0.05, 0.1) is 7.11 Å². The highest BCUT2D eigenvalue weighted by Gasteiger charge is 2.33. The smallest absolute Gasteiger partial charge is 0.325 e.